The zero-order chi connectivity index (χ0) is 16.8. The van der Waals surface area contributed by atoms with Crippen molar-refractivity contribution in [1.29, 1.82) is 0 Å². The van der Waals surface area contributed by atoms with Gasteiger partial charge < -0.3 is 9.31 Å². The van der Waals surface area contributed by atoms with E-state index in [0.29, 0.717) is 5.92 Å². The number of aryl methyl sites for hydroxylation is 1. The van der Waals surface area contributed by atoms with Crippen LogP contribution in [0.15, 0.2) is 5.73 Å². The highest BCUT2D eigenvalue weighted by molar-refractivity contribution is 6.54. The maximum Gasteiger partial charge on any atom is 0.525 e. The number of nitrogens with one attached hydrogen (secondary N) is 1. The highest BCUT2D eigenvalue weighted by Crippen LogP contribution is 2.40. The molecule has 0 amide bonds. The van der Waals surface area contributed by atoms with E-state index in [4.69, 9.17) is 9.31 Å². The molecule has 0 aromatic carbocycles. The Morgan fingerprint density at radius 2 is 1.78 bits per heavy atom. The number of hydrogen-bond acceptors (Lipinski definition) is 3. The smallest absolute Gasteiger partial charge is 0.398 e. The van der Waals surface area contributed by atoms with Gasteiger partial charge in [-0.05, 0) is 53.5 Å². The quantitative estimate of drug-likeness (QED) is 0.844. The first-order chi connectivity index (χ1) is 10.7. The van der Waals surface area contributed by atoms with Gasteiger partial charge in [-0.25, -0.2) is 4.39 Å². The highest BCUT2D eigenvalue weighted by Gasteiger charge is 2.53. The predicted molar refractivity (Wildman–Crippen MR) is 89.7 cm³/mol. The second-order valence-electron chi connectivity index (χ2n) is 7.75. The van der Waals surface area contributed by atoms with Crippen molar-refractivity contribution in [3.8, 4) is 0 Å². The Kier molecular flexibility index (Phi) is 4.17. The normalized spacial score (nSPS) is 24.6. The lowest BCUT2D eigenvalue weighted by molar-refractivity contribution is 0.00578. The molecule has 2 aliphatic rings. The van der Waals surface area contributed by atoms with E-state index in [0.717, 1.165) is 29.8 Å². The zero-order valence-corrected chi connectivity index (χ0v) is 14.7. The number of H-pyrrole nitrogens is 1. The molecule has 2 heterocycles. The van der Waals surface area contributed by atoms with Crippen molar-refractivity contribution in [3.63, 3.8) is 0 Å². The third-order valence-electron chi connectivity index (χ3n) is 5.53. The Morgan fingerprint density at radius 1 is 1.22 bits per heavy atom. The van der Waals surface area contributed by atoms with Crippen molar-refractivity contribution in [2.24, 2.45) is 0 Å². The number of rotatable bonds is 3. The Balaban J connectivity index is 1.86. The molecular formula is C17H26BFN2O2. The number of aromatic amines is 1. The molecule has 1 saturated heterocycles. The summed E-state index contributed by atoms with van der Waals surface area (Å²) >= 11 is 0. The lowest BCUT2D eigenvalue weighted by Crippen LogP contribution is -2.41. The minimum atomic E-state index is -0.953. The van der Waals surface area contributed by atoms with Crippen LogP contribution in [0.3, 0.4) is 0 Å². The molecule has 0 atom stereocenters. The maximum absolute atomic E-state index is 14.8. The van der Waals surface area contributed by atoms with Crippen LogP contribution in [0.4, 0.5) is 4.39 Å². The van der Waals surface area contributed by atoms with Crippen LogP contribution in [0.2, 0.25) is 0 Å². The summed E-state index contributed by atoms with van der Waals surface area (Å²) in [6.07, 6.45) is 6.24. The van der Waals surface area contributed by atoms with Gasteiger partial charge in [0.2, 0.25) is 0 Å². The fourth-order valence-corrected chi connectivity index (χ4v) is 3.31. The zero-order valence-electron chi connectivity index (χ0n) is 14.7. The van der Waals surface area contributed by atoms with Crippen LogP contribution in [0.5, 0.6) is 0 Å². The molecule has 23 heavy (non-hydrogen) atoms. The van der Waals surface area contributed by atoms with Gasteiger partial charge in [-0.2, -0.15) is 5.10 Å². The molecule has 0 spiro atoms. The topological polar surface area (TPSA) is 47.1 Å². The van der Waals surface area contributed by atoms with Gasteiger partial charge in [-0.15, -0.1) is 0 Å². The molecule has 2 fully saturated rings. The molecule has 3 rings (SSSR count). The van der Waals surface area contributed by atoms with Gasteiger partial charge in [0.05, 0.1) is 16.9 Å². The molecule has 1 aliphatic heterocycles. The molecule has 1 aromatic rings. The van der Waals surface area contributed by atoms with E-state index in [1.807, 2.05) is 34.6 Å². The summed E-state index contributed by atoms with van der Waals surface area (Å²) in [5.74, 6) is 0.428. The monoisotopic (exact) mass is 320 g/mol. The van der Waals surface area contributed by atoms with E-state index in [9.17, 15) is 4.39 Å². The van der Waals surface area contributed by atoms with Crippen LogP contribution in [-0.2, 0) is 9.31 Å². The highest BCUT2D eigenvalue weighted by atomic mass is 19.1. The largest absolute Gasteiger partial charge is 0.525 e. The van der Waals surface area contributed by atoms with Gasteiger partial charge in [-0.1, -0.05) is 12.8 Å². The molecule has 126 valence electrons. The van der Waals surface area contributed by atoms with E-state index in [1.165, 1.54) is 18.9 Å². The Bertz CT molecular complexity index is 602. The van der Waals surface area contributed by atoms with E-state index in [2.05, 4.69) is 10.2 Å². The first-order valence-electron chi connectivity index (χ1n) is 8.49. The lowest BCUT2D eigenvalue weighted by Gasteiger charge is -2.32. The molecule has 1 aromatic heterocycles. The molecule has 4 nitrogen and oxygen atoms in total. The van der Waals surface area contributed by atoms with Crippen molar-refractivity contribution in [3.05, 3.63) is 22.7 Å². The summed E-state index contributed by atoms with van der Waals surface area (Å²) in [6, 6.07) is 0. The summed E-state index contributed by atoms with van der Waals surface area (Å²) in [5.41, 5.74) is 1.24. The molecule has 6 heteroatoms. The predicted octanol–water partition coefficient (Wildman–Crippen LogP) is 4.32. The minimum absolute atomic E-state index is 0.396. The van der Waals surface area contributed by atoms with Gasteiger partial charge in [0.1, 0.15) is 5.73 Å². The van der Waals surface area contributed by atoms with Gasteiger partial charge in [0.25, 0.3) is 0 Å². The summed E-state index contributed by atoms with van der Waals surface area (Å²) in [7, 11) is -0.953. The summed E-state index contributed by atoms with van der Waals surface area (Å²) < 4.78 is 26.3. The van der Waals surface area contributed by atoms with Crippen LogP contribution in [0, 0.1) is 6.92 Å². The fourth-order valence-electron chi connectivity index (χ4n) is 3.31. The third kappa shape index (κ3) is 2.99. The van der Waals surface area contributed by atoms with Gasteiger partial charge in [0.15, 0.2) is 0 Å². The van der Waals surface area contributed by atoms with Crippen LogP contribution < -0.4 is 0 Å². The van der Waals surface area contributed by atoms with Crippen molar-refractivity contribution in [2.45, 2.75) is 77.4 Å². The Hall–Kier alpha value is -1.14. The molecule has 0 radical (unpaired) electrons. The van der Waals surface area contributed by atoms with Crippen molar-refractivity contribution < 1.29 is 13.7 Å². The van der Waals surface area contributed by atoms with Crippen LogP contribution in [0.25, 0.3) is 6.08 Å². The first kappa shape index (κ1) is 16.7. The Labute approximate surface area is 138 Å². The molecule has 0 unspecified atom stereocenters. The first-order valence-corrected chi connectivity index (χ1v) is 8.49. The minimum Gasteiger partial charge on any atom is -0.398 e. The second kappa shape index (κ2) is 5.74. The number of aromatic nitrogens is 2. The van der Waals surface area contributed by atoms with Crippen LogP contribution >= 0.6 is 0 Å². The molecule has 0 bridgehead atoms. The van der Waals surface area contributed by atoms with E-state index in [-0.39, 0.29) is 0 Å². The summed E-state index contributed by atoms with van der Waals surface area (Å²) in [4.78, 5) is 0. The molecule has 1 aliphatic carbocycles. The summed E-state index contributed by atoms with van der Waals surface area (Å²) in [6.45, 7) is 9.62. The average molecular weight is 320 g/mol. The van der Waals surface area contributed by atoms with Crippen LogP contribution in [0.1, 0.15) is 76.2 Å². The van der Waals surface area contributed by atoms with Gasteiger partial charge in [-0.3, -0.25) is 5.10 Å². The van der Waals surface area contributed by atoms with Crippen molar-refractivity contribution in [1.82, 2.24) is 10.2 Å². The Morgan fingerprint density at radius 3 is 2.35 bits per heavy atom. The molecule has 1 saturated carbocycles. The van der Waals surface area contributed by atoms with Crippen LogP contribution in [-0.4, -0.2) is 28.5 Å². The van der Waals surface area contributed by atoms with Crippen molar-refractivity contribution >= 4 is 13.2 Å². The summed E-state index contributed by atoms with van der Waals surface area (Å²) in [5, 5.41) is 7.42. The van der Waals surface area contributed by atoms with E-state index in [1.54, 1.807) is 0 Å². The standard InChI is InChI=1S/C17H26BFN2O2/c1-11-13(15(21-20-11)12-8-6-7-9-12)10-14(19)18-22-16(2,3)17(4,5)23-18/h10,12H,6-9H2,1-5H3,(H,20,21). The van der Waals surface area contributed by atoms with E-state index >= 15 is 0 Å². The van der Waals surface area contributed by atoms with Gasteiger partial charge in [0, 0.05) is 17.2 Å². The van der Waals surface area contributed by atoms with Gasteiger partial charge >= 0.3 is 7.12 Å². The van der Waals surface area contributed by atoms with Crippen molar-refractivity contribution in [2.75, 3.05) is 0 Å². The van der Waals surface area contributed by atoms with E-state index < -0.39 is 24.0 Å². The molecule has 1 N–H and O–H groups in total. The fraction of sp³-hybridized carbons (Fsp3) is 0.706. The second-order valence-corrected chi connectivity index (χ2v) is 7.75. The SMILES string of the molecule is Cc1[nH]nc(C2CCCC2)c1C=C(F)B1OC(C)(C)C(C)(C)O1. The third-order valence-corrected chi connectivity index (χ3v) is 5.53. The lowest BCUT2D eigenvalue weighted by atomic mass is 9.86. The number of hydrogen-bond donors (Lipinski definition) is 1. The number of nitrogens with zero attached hydrogens (tertiary/aromatic N) is 1. The maximum atomic E-state index is 14.8. The average Bonchev–Trinajstić information content (AvgIpc) is 3.12. The molecular weight excluding hydrogens is 294 g/mol. The number of halogens is 1.